The van der Waals surface area contributed by atoms with Crippen LogP contribution < -0.4 is 0 Å². The van der Waals surface area contributed by atoms with Gasteiger partial charge in [0.25, 0.3) is 0 Å². The molecule has 19 heavy (non-hydrogen) atoms. The number of hydrogen-bond donors (Lipinski definition) is 1. The van der Waals surface area contributed by atoms with Gasteiger partial charge in [0.05, 0.1) is 16.0 Å². The molecule has 0 aliphatic heterocycles. The van der Waals surface area contributed by atoms with E-state index in [-0.39, 0.29) is 12.4 Å². The molecule has 1 aromatic carbocycles. The lowest BCUT2D eigenvalue weighted by molar-refractivity contribution is 0.165. The minimum Gasteiger partial charge on any atom is -0.396 e. The van der Waals surface area contributed by atoms with E-state index >= 15 is 0 Å². The average Bonchev–Trinajstić information content (AvgIpc) is 2.82. The molecule has 0 atom stereocenters. The van der Waals surface area contributed by atoms with Crippen LogP contribution in [0, 0.1) is 11.7 Å². The van der Waals surface area contributed by atoms with Crippen molar-refractivity contribution >= 4 is 26.8 Å². The van der Waals surface area contributed by atoms with Crippen molar-refractivity contribution in [2.45, 2.75) is 31.7 Å². The van der Waals surface area contributed by atoms with E-state index in [2.05, 4.69) is 21.0 Å². The summed E-state index contributed by atoms with van der Waals surface area (Å²) in [6, 6.07) is 3.61. The summed E-state index contributed by atoms with van der Waals surface area (Å²) < 4.78 is 15.9. The number of hydrogen-bond acceptors (Lipinski definition) is 2. The zero-order valence-electron chi connectivity index (χ0n) is 10.5. The van der Waals surface area contributed by atoms with Crippen LogP contribution in [-0.2, 0) is 0 Å². The normalized spacial score (nSPS) is 23.9. The van der Waals surface area contributed by atoms with Crippen LogP contribution in [-0.4, -0.2) is 21.5 Å². The van der Waals surface area contributed by atoms with Crippen LogP contribution in [0.4, 0.5) is 4.39 Å². The minimum atomic E-state index is -0.276. The van der Waals surface area contributed by atoms with Gasteiger partial charge in [-0.15, -0.1) is 0 Å². The molecule has 0 unspecified atom stereocenters. The van der Waals surface area contributed by atoms with E-state index in [0.717, 1.165) is 31.1 Å². The first kappa shape index (κ1) is 13.1. The lowest BCUT2D eigenvalue weighted by atomic mass is 9.87. The molecular weight excluding hydrogens is 311 g/mol. The van der Waals surface area contributed by atoms with Gasteiger partial charge in [0.1, 0.15) is 5.82 Å². The van der Waals surface area contributed by atoms with Crippen molar-refractivity contribution in [2.24, 2.45) is 5.92 Å². The molecule has 1 saturated carbocycles. The van der Waals surface area contributed by atoms with Crippen molar-refractivity contribution in [2.75, 3.05) is 6.61 Å². The Morgan fingerprint density at radius 1 is 1.32 bits per heavy atom. The molecule has 102 valence electrons. The van der Waals surface area contributed by atoms with Crippen LogP contribution in [0.2, 0.25) is 0 Å². The highest BCUT2D eigenvalue weighted by molar-refractivity contribution is 9.10. The van der Waals surface area contributed by atoms with Gasteiger partial charge in [0, 0.05) is 24.3 Å². The lowest BCUT2D eigenvalue weighted by Gasteiger charge is -2.27. The van der Waals surface area contributed by atoms with Gasteiger partial charge in [-0.2, -0.15) is 5.10 Å². The van der Waals surface area contributed by atoms with Crippen LogP contribution in [0.25, 0.3) is 10.9 Å². The summed E-state index contributed by atoms with van der Waals surface area (Å²) in [5.74, 6) is 0.162. The van der Waals surface area contributed by atoms with Gasteiger partial charge in [-0.25, -0.2) is 4.39 Å². The predicted octanol–water partition coefficient (Wildman–Crippen LogP) is 3.66. The summed E-state index contributed by atoms with van der Waals surface area (Å²) in [4.78, 5) is 0. The minimum absolute atomic E-state index is 0.276. The fourth-order valence-corrected chi connectivity index (χ4v) is 3.18. The molecule has 1 heterocycles. The van der Waals surface area contributed by atoms with Crippen molar-refractivity contribution < 1.29 is 9.50 Å². The van der Waals surface area contributed by atoms with Crippen LogP contribution in [0.1, 0.15) is 31.7 Å². The van der Waals surface area contributed by atoms with Gasteiger partial charge in [0.2, 0.25) is 0 Å². The fraction of sp³-hybridized carbons (Fsp3) is 0.500. The Kier molecular flexibility index (Phi) is 3.58. The van der Waals surface area contributed by atoms with E-state index in [1.54, 1.807) is 6.07 Å². The SMILES string of the molecule is OCC1CCC(n2cc3cc(Br)c(F)cc3n2)CC1. The molecule has 5 heteroatoms. The highest BCUT2D eigenvalue weighted by Gasteiger charge is 2.22. The third-order valence-electron chi connectivity index (χ3n) is 4.01. The summed E-state index contributed by atoms with van der Waals surface area (Å²) >= 11 is 3.20. The fourth-order valence-electron chi connectivity index (χ4n) is 2.82. The standard InChI is InChI=1S/C14H16BrFN2O/c15-12-5-10-7-18(17-14(10)6-13(12)16)11-3-1-9(8-19)2-4-11/h5-7,9,11,19H,1-4,8H2. The first-order chi connectivity index (χ1) is 9.17. The maximum Gasteiger partial charge on any atom is 0.139 e. The number of halogens is 2. The van der Waals surface area contributed by atoms with Gasteiger partial charge in [-0.05, 0) is 53.6 Å². The Bertz CT molecular complexity index is 551. The molecule has 0 radical (unpaired) electrons. The summed E-state index contributed by atoms with van der Waals surface area (Å²) in [5, 5.41) is 14.6. The molecule has 0 bridgehead atoms. The van der Waals surface area contributed by atoms with Gasteiger partial charge >= 0.3 is 0 Å². The summed E-state index contributed by atoms with van der Waals surface area (Å²) in [6.45, 7) is 0.284. The first-order valence-electron chi connectivity index (χ1n) is 6.62. The van der Waals surface area contributed by atoms with Crippen molar-refractivity contribution in [1.82, 2.24) is 9.78 Å². The Labute approximate surface area is 119 Å². The number of aliphatic hydroxyl groups excluding tert-OH is 1. The van der Waals surface area contributed by atoms with E-state index in [0.29, 0.717) is 21.9 Å². The quantitative estimate of drug-likeness (QED) is 0.914. The maximum atomic E-state index is 13.5. The summed E-state index contributed by atoms with van der Waals surface area (Å²) in [7, 11) is 0. The number of aromatic nitrogens is 2. The largest absolute Gasteiger partial charge is 0.396 e. The molecule has 2 aromatic rings. The van der Waals surface area contributed by atoms with Crippen LogP contribution in [0.5, 0.6) is 0 Å². The highest BCUT2D eigenvalue weighted by atomic mass is 79.9. The second-order valence-electron chi connectivity index (χ2n) is 5.29. The van der Waals surface area contributed by atoms with E-state index < -0.39 is 0 Å². The van der Waals surface area contributed by atoms with Crippen LogP contribution in [0.15, 0.2) is 22.8 Å². The molecule has 1 aliphatic rings. The van der Waals surface area contributed by atoms with Gasteiger partial charge < -0.3 is 5.11 Å². The second-order valence-corrected chi connectivity index (χ2v) is 6.15. The number of rotatable bonds is 2. The van der Waals surface area contributed by atoms with E-state index in [1.165, 1.54) is 6.07 Å². The lowest BCUT2D eigenvalue weighted by Crippen LogP contribution is -2.20. The number of benzene rings is 1. The topological polar surface area (TPSA) is 38.0 Å². The maximum absolute atomic E-state index is 13.5. The van der Waals surface area contributed by atoms with E-state index in [4.69, 9.17) is 5.11 Å². The highest BCUT2D eigenvalue weighted by Crippen LogP contribution is 2.33. The van der Waals surface area contributed by atoms with Gasteiger partial charge in [-0.3, -0.25) is 4.68 Å². The summed E-state index contributed by atoms with van der Waals surface area (Å²) in [6.07, 6.45) is 6.13. The van der Waals surface area contributed by atoms with Crippen LogP contribution in [0.3, 0.4) is 0 Å². The molecule has 1 N–H and O–H groups in total. The van der Waals surface area contributed by atoms with Crippen molar-refractivity contribution in [1.29, 1.82) is 0 Å². The molecule has 0 amide bonds. The predicted molar refractivity (Wildman–Crippen MR) is 75.5 cm³/mol. The number of nitrogens with zero attached hydrogens (tertiary/aromatic N) is 2. The third-order valence-corrected chi connectivity index (χ3v) is 4.62. The Hall–Kier alpha value is -0.940. The molecule has 3 rings (SSSR count). The molecule has 0 spiro atoms. The van der Waals surface area contributed by atoms with Crippen LogP contribution >= 0.6 is 15.9 Å². The molecule has 0 saturated heterocycles. The van der Waals surface area contributed by atoms with Gasteiger partial charge in [-0.1, -0.05) is 0 Å². The molecule has 1 fully saturated rings. The Morgan fingerprint density at radius 3 is 2.74 bits per heavy atom. The monoisotopic (exact) mass is 326 g/mol. The molecular formula is C14H16BrFN2O. The zero-order chi connectivity index (χ0) is 13.4. The molecule has 1 aromatic heterocycles. The Morgan fingerprint density at radius 2 is 2.05 bits per heavy atom. The molecule has 3 nitrogen and oxygen atoms in total. The van der Waals surface area contributed by atoms with E-state index in [9.17, 15) is 4.39 Å². The Balaban J connectivity index is 1.86. The zero-order valence-corrected chi connectivity index (χ0v) is 12.1. The first-order valence-corrected chi connectivity index (χ1v) is 7.41. The second kappa shape index (κ2) is 5.21. The molecule has 1 aliphatic carbocycles. The number of fused-ring (bicyclic) bond motifs is 1. The smallest absolute Gasteiger partial charge is 0.139 e. The van der Waals surface area contributed by atoms with Crippen molar-refractivity contribution in [3.63, 3.8) is 0 Å². The summed E-state index contributed by atoms with van der Waals surface area (Å²) in [5.41, 5.74) is 0.699. The number of aliphatic hydroxyl groups is 1. The average molecular weight is 327 g/mol. The van der Waals surface area contributed by atoms with E-state index in [1.807, 2.05) is 10.9 Å². The van der Waals surface area contributed by atoms with Crippen molar-refractivity contribution in [3.8, 4) is 0 Å². The van der Waals surface area contributed by atoms with Gasteiger partial charge in [0.15, 0.2) is 0 Å². The van der Waals surface area contributed by atoms with Crippen molar-refractivity contribution in [3.05, 3.63) is 28.6 Å². The third kappa shape index (κ3) is 2.54.